The van der Waals surface area contributed by atoms with Crippen LogP contribution in [0.2, 0.25) is 0 Å². The third-order valence-corrected chi connectivity index (χ3v) is 5.69. The van der Waals surface area contributed by atoms with Crippen molar-refractivity contribution < 1.29 is 18.0 Å². The Morgan fingerprint density at radius 1 is 1.33 bits per heavy atom. The summed E-state index contributed by atoms with van der Waals surface area (Å²) in [6.07, 6.45) is 0.471. The van der Waals surface area contributed by atoms with Gasteiger partial charge in [-0.1, -0.05) is 4.80 Å². The molecule has 3 rings (SSSR count). The number of benzene rings is 1. The molecule has 0 unspecified atom stereocenters. The maximum atomic E-state index is 12.2. The van der Waals surface area contributed by atoms with E-state index in [1.807, 2.05) is 13.8 Å². The molecule has 0 radical (unpaired) electrons. The molecule has 1 amide bonds. The summed E-state index contributed by atoms with van der Waals surface area (Å²) in [5.41, 5.74) is 1.28. The third kappa shape index (κ3) is 3.61. The van der Waals surface area contributed by atoms with E-state index in [1.165, 1.54) is 0 Å². The lowest BCUT2D eigenvalue weighted by atomic mass is 10.1. The SMILES string of the molecule is CC(C)[n+]1nc(-c2ccc(C(=O)N[C@@H]3CCS(=O)(=O)C3)cc2)n[nH]1. The molecule has 1 fully saturated rings. The van der Waals surface area contributed by atoms with E-state index in [-0.39, 0.29) is 29.5 Å². The van der Waals surface area contributed by atoms with Crippen LogP contribution < -0.4 is 10.1 Å². The van der Waals surface area contributed by atoms with Crippen molar-refractivity contribution in [3.8, 4) is 11.4 Å². The Balaban J connectivity index is 1.68. The number of hydrogen-bond donors (Lipinski definition) is 2. The summed E-state index contributed by atoms with van der Waals surface area (Å²) in [5.74, 6) is 0.439. The molecule has 1 aromatic carbocycles. The number of rotatable bonds is 4. The molecule has 0 aliphatic carbocycles. The fourth-order valence-corrected chi connectivity index (χ4v) is 4.22. The van der Waals surface area contributed by atoms with Gasteiger partial charge < -0.3 is 5.32 Å². The van der Waals surface area contributed by atoms with E-state index in [0.717, 1.165) is 5.56 Å². The Labute approximate surface area is 140 Å². The first-order valence-electron chi connectivity index (χ1n) is 7.80. The highest BCUT2D eigenvalue weighted by molar-refractivity contribution is 7.91. The fraction of sp³-hybridized carbons (Fsp3) is 0.467. The van der Waals surface area contributed by atoms with Gasteiger partial charge in [0.1, 0.15) is 6.04 Å². The minimum atomic E-state index is -3.01. The van der Waals surface area contributed by atoms with E-state index < -0.39 is 9.84 Å². The zero-order valence-corrected chi connectivity index (χ0v) is 14.4. The molecule has 2 aromatic rings. The number of tetrazole rings is 1. The van der Waals surface area contributed by atoms with E-state index in [4.69, 9.17) is 0 Å². The van der Waals surface area contributed by atoms with Crippen molar-refractivity contribution in [3.05, 3.63) is 29.8 Å². The average molecular weight is 350 g/mol. The van der Waals surface area contributed by atoms with Crippen molar-refractivity contribution in [3.63, 3.8) is 0 Å². The van der Waals surface area contributed by atoms with Crippen LogP contribution in [0.25, 0.3) is 11.4 Å². The summed E-state index contributed by atoms with van der Waals surface area (Å²) in [6, 6.07) is 6.79. The van der Waals surface area contributed by atoms with Crippen LogP contribution in [0, 0.1) is 0 Å². The first-order chi connectivity index (χ1) is 11.3. The fourth-order valence-electron chi connectivity index (χ4n) is 2.55. The molecule has 1 atom stereocenters. The highest BCUT2D eigenvalue weighted by Crippen LogP contribution is 2.15. The molecule has 1 saturated heterocycles. The van der Waals surface area contributed by atoms with Gasteiger partial charge in [0.2, 0.25) is 0 Å². The highest BCUT2D eigenvalue weighted by Gasteiger charge is 2.29. The van der Waals surface area contributed by atoms with E-state index >= 15 is 0 Å². The average Bonchev–Trinajstić information content (AvgIpc) is 3.14. The molecular formula is C15H20N5O3S+. The summed E-state index contributed by atoms with van der Waals surface area (Å²) >= 11 is 0. The first kappa shape index (κ1) is 16.6. The van der Waals surface area contributed by atoms with Gasteiger partial charge in [-0.15, -0.1) is 0 Å². The van der Waals surface area contributed by atoms with Gasteiger partial charge in [0, 0.05) is 11.6 Å². The molecule has 1 aromatic heterocycles. The van der Waals surface area contributed by atoms with Gasteiger partial charge in [-0.05, 0) is 54.8 Å². The summed E-state index contributed by atoms with van der Waals surface area (Å²) in [7, 11) is -3.01. The Morgan fingerprint density at radius 3 is 2.58 bits per heavy atom. The maximum Gasteiger partial charge on any atom is 0.338 e. The van der Waals surface area contributed by atoms with Gasteiger partial charge in [0.15, 0.2) is 9.84 Å². The lowest BCUT2D eigenvalue weighted by molar-refractivity contribution is -0.821. The van der Waals surface area contributed by atoms with Crippen molar-refractivity contribution >= 4 is 15.7 Å². The number of carbonyl (C=O) groups excluding carboxylic acids is 1. The van der Waals surface area contributed by atoms with E-state index in [2.05, 4.69) is 20.7 Å². The molecule has 0 bridgehead atoms. The molecule has 24 heavy (non-hydrogen) atoms. The van der Waals surface area contributed by atoms with Gasteiger partial charge >= 0.3 is 5.82 Å². The third-order valence-electron chi connectivity index (χ3n) is 3.92. The van der Waals surface area contributed by atoms with Crippen LogP contribution in [-0.4, -0.2) is 47.3 Å². The zero-order chi connectivity index (χ0) is 17.3. The molecule has 8 nitrogen and oxygen atoms in total. The summed E-state index contributed by atoms with van der Waals surface area (Å²) in [6.45, 7) is 3.98. The minimum Gasteiger partial charge on any atom is -0.348 e. The number of sulfone groups is 1. The Bertz CT molecular complexity index is 842. The topological polar surface area (TPSA) is 109 Å². The second-order valence-electron chi connectivity index (χ2n) is 6.22. The number of hydrogen-bond acceptors (Lipinski definition) is 5. The Kier molecular flexibility index (Phi) is 4.35. The molecule has 0 spiro atoms. The monoisotopic (exact) mass is 350 g/mol. The highest BCUT2D eigenvalue weighted by atomic mass is 32.2. The number of nitrogens with one attached hydrogen (secondary N) is 2. The maximum absolute atomic E-state index is 12.2. The molecule has 9 heteroatoms. The van der Waals surface area contributed by atoms with Crippen LogP contribution in [0.1, 0.15) is 36.7 Å². The van der Waals surface area contributed by atoms with E-state index in [9.17, 15) is 13.2 Å². The molecule has 2 N–H and O–H groups in total. The second kappa shape index (κ2) is 6.31. The number of nitrogens with zero attached hydrogens (tertiary/aromatic N) is 3. The Morgan fingerprint density at radius 2 is 2.04 bits per heavy atom. The quantitative estimate of drug-likeness (QED) is 0.769. The summed E-state index contributed by atoms with van der Waals surface area (Å²) in [5, 5.41) is 14.1. The summed E-state index contributed by atoms with van der Waals surface area (Å²) in [4.78, 5) is 13.9. The predicted molar refractivity (Wildman–Crippen MR) is 86.9 cm³/mol. The van der Waals surface area contributed by atoms with Crippen LogP contribution >= 0.6 is 0 Å². The molecule has 2 heterocycles. The van der Waals surface area contributed by atoms with Crippen molar-refractivity contribution in [2.24, 2.45) is 0 Å². The first-order valence-corrected chi connectivity index (χ1v) is 9.62. The predicted octanol–water partition coefficient (Wildman–Crippen LogP) is 0.257. The number of amides is 1. The minimum absolute atomic E-state index is 0.0171. The smallest absolute Gasteiger partial charge is 0.338 e. The molecule has 1 aliphatic rings. The lowest BCUT2D eigenvalue weighted by Crippen LogP contribution is -2.41. The van der Waals surface area contributed by atoms with Crippen LogP contribution in [-0.2, 0) is 9.84 Å². The normalized spacial score (nSPS) is 19.5. The zero-order valence-electron chi connectivity index (χ0n) is 13.6. The van der Waals surface area contributed by atoms with Crippen molar-refractivity contribution in [1.82, 2.24) is 20.7 Å². The van der Waals surface area contributed by atoms with Crippen LogP contribution in [0.5, 0.6) is 0 Å². The molecule has 1 aliphatic heterocycles. The van der Waals surface area contributed by atoms with Gasteiger partial charge in [-0.25, -0.2) is 8.42 Å². The second-order valence-corrected chi connectivity index (χ2v) is 8.45. The van der Waals surface area contributed by atoms with Gasteiger partial charge in [-0.3, -0.25) is 4.79 Å². The standard InChI is InChI=1S/C15H19N5O3S/c1-10(2)20-18-14(17-19-20)11-3-5-12(6-4-11)15(21)16-13-7-8-24(22,23)9-13/h3-6,10,13H,7-9H2,1-2H3,(H,16,21)/p+1/t13-/m1/s1. The number of carbonyl (C=O) groups is 1. The number of H-pyrrole nitrogens is 1. The van der Waals surface area contributed by atoms with Gasteiger partial charge in [0.05, 0.1) is 22.2 Å². The van der Waals surface area contributed by atoms with Crippen LogP contribution in [0.4, 0.5) is 0 Å². The molecular weight excluding hydrogens is 330 g/mol. The van der Waals surface area contributed by atoms with Gasteiger partial charge in [-0.2, -0.15) is 0 Å². The van der Waals surface area contributed by atoms with Crippen molar-refractivity contribution in [1.29, 1.82) is 0 Å². The lowest BCUT2D eigenvalue weighted by Gasteiger charge is -2.10. The van der Waals surface area contributed by atoms with Crippen LogP contribution in [0.15, 0.2) is 24.3 Å². The van der Waals surface area contributed by atoms with E-state index in [0.29, 0.717) is 17.8 Å². The Hall–Kier alpha value is -2.29. The van der Waals surface area contributed by atoms with Gasteiger partial charge in [0.25, 0.3) is 5.91 Å². The van der Waals surface area contributed by atoms with E-state index in [1.54, 1.807) is 29.1 Å². The van der Waals surface area contributed by atoms with Crippen molar-refractivity contribution in [2.45, 2.75) is 32.4 Å². The number of aromatic nitrogens is 4. The largest absolute Gasteiger partial charge is 0.348 e. The molecule has 0 saturated carbocycles. The van der Waals surface area contributed by atoms with Crippen LogP contribution in [0.3, 0.4) is 0 Å². The number of aromatic amines is 1. The molecule has 128 valence electrons. The summed E-state index contributed by atoms with van der Waals surface area (Å²) < 4.78 is 22.9. The van der Waals surface area contributed by atoms with Crippen molar-refractivity contribution in [2.75, 3.05) is 11.5 Å².